The number of hydrogen-bond donors (Lipinski definition) is 9. The van der Waals surface area contributed by atoms with E-state index < -0.39 is 80.1 Å². The van der Waals surface area contributed by atoms with Gasteiger partial charge in [0.1, 0.15) is 49.3 Å². The van der Waals surface area contributed by atoms with Crippen molar-refractivity contribution in [1.29, 1.82) is 0 Å². The summed E-state index contributed by atoms with van der Waals surface area (Å²) in [4.78, 5) is 25.4. The standard InChI is InChI=1S/C28H39NO14/c1-2-18-19(4-3-15-9-16(25(37)38)11-29(10-15)6-7-30)20(26(39)40-8-5-17(33)12-31)14-41-27(18)43-28-24(36)23(35)22(34)21(13-32)42-28/h2-4,9,11,14,17-19,21-24,27-28,30-36H,1,5-8,10,12-13H2,(H,37,38)/p+1. The average Bonchev–Trinajstić information content (AvgIpc) is 2.99. The highest BCUT2D eigenvalue weighted by molar-refractivity contribution is 5.90. The van der Waals surface area contributed by atoms with Crippen molar-refractivity contribution in [3.8, 4) is 0 Å². The quantitative estimate of drug-likeness (QED) is 0.0672. The third kappa shape index (κ3) is 8.79. The zero-order valence-corrected chi connectivity index (χ0v) is 23.3. The summed E-state index contributed by atoms with van der Waals surface area (Å²) < 4.78 is 22.2. The van der Waals surface area contributed by atoms with Crippen LogP contribution in [0.1, 0.15) is 6.42 Å². The normalized spacial score (nSPS) is 33.6. The predicted molar refractivity (Wildman–Crippen MR) is 144 cm³/mol. The zero-order chi connectivity index (χ0) is 31.7. The molecule has 43 heavy (non-hydrogen) atoms. The molecule has 9 N–H and O–H groups in total. The van der Waals surface area contributed by atoms with Crippen LogP contribution in [0.5, 0.6) is 0 Å². The lowest BCUT2D eigenvalue weighted by Crippen LogP contribution is -3.08. The number of esters is 1. The molecule has 0 radical (unpaired) electrons. The lowest BCUT2D eigenvalue weighted by molar-refractivity contribution is -0.842. The first-order valence-corrected chi connectivity index (χ1v) is 13.7. The van der Waals surface area contributed by atoms with E-state index in [1.54, 1.807) is 12.2 Å². The van der Waals surface area contributed by atoms with E-state index in [0.717, 1.165) is 6.26 Å². The number of carboxylic acid groups (broad SMARTS) is 1. The number of carboxylic acids is 1. The van der Waals surface area contributed by atoms with Crippen LogP contribution in [0.2, 0.25) is 0 Å². The number of hydrogen-bond acceptors (Lipinski definition) is 13. The highest BCUT2D eigenvalue weighted by Crippen LogP contribution is 2.36. The number of carbonyl (C=O) groups excluding carboxylic acids is 1. The lowest BCUT2D eigenvalue weighted by Gasteiger charge is -2.42. The summed E-state index contributed by atoms with van der Waals surface area (Å²) in [6.07, 6.45) is -1.52. The van der Waals surface area contributed by atoms with Crippen molar-refractivity contribution in [2.75, 3.05) is 39.5 Å². The van der Waals surface area contributed by atoms with Gasteiger partial charge in [0.25, 0.3) is 0 Å². The van der Waals surface area contributed by atoms with Crippen molar-refractivity contribution in [1.82, 2.24) is 0 Å². The molecule has 15 heteroatoms. The van der Waals surface area contributed by atoms with Gasteiger partial charge in [0.2, 0.25) is 6.29 Å². The Morgan fingerprint density at radius 2 is 1.88 bits per heavy atom. The second-order valence-corrected chi connectivity index (χ2v) is 10.3. The Labute approximate surface area is 247 Å². The average molecular weight is 615 g/mol. The number of aliphatic hydroxyl groups is 7. The molecule has 1 saturated heterocycles. The van der Waals surface area contributed by atoms with Crippen molar-refractivity contribution in [2.45, 2.75) is 49.5 Å². The van der Waals surface area contributed by atoms with Crippen molar-refractivity contribution < 1.29 is 74.3 Å². The molecule has 3 heterocycles. The third-order valence-electron chi connectivity index (χ3n) is 7.27. The van der Waals surface area contributed by atoms with Crippen LogP contribution in [0.15, 0.2) is 60.1 Å². The van der Waals surface area contributed by atoms with E-state index in [1.807, 2.05) is 0 Å². The molecule has 0 aromatic rings. The van der Waals surface area contributed by atoms with Gasteiger partial charge in [-0.15, -0.1) is 6.58 Å². The molecule has 0 amide bonds. The van der Waals surface area contributed by atoms with Gasteiger partial charge in [-0.25, -0.2) is 9.59 Å². The summed E-state index contributed by atoms with van der Waals surface area (Å²) in [6.45, 7) is 2.84. The van der Waals surface area contributed by atoms with Crippen LogP contribution >= 0.6 is 0 Å². The molecular weight excluding hydrogens is 574 g/mol. The van der Waals surface area contributed by atoms with E-state index in [4.69, 9.17) is 24.1 Å². The number of allylic oxidation sites excluding steroid dienone is 1. The van der Waals surface area contributed by atoms with Crippen LogP contribution in [0, 0.1) is 11.8 Å². The molecule has 3 rings (SSSR count). The Kier molecular flexibility index (Phi) is 13.0. The van der Waals surface area contributed by atoms with Gasteiger partial charge in [-0.2, -0.15) is 0 Å². The second kappa shape index (κ2) is 16.2. The van der Waals surface area contributed by atoms with E-state index >= 15 is 0 Å². The predicted octanol–water partition coefficient (Wildman–Crippen LogP) is -3.91. The Hall–Kier alpha value is -2.96. The van der Waals surface area contributed by atoms with E-state index in [1.165, 1.54) is 18.4 Å². The molecule has 10 unspecified atom stereocenters. The van der Waals surface area contributed by atoms with E-state index in [-0.39, 0.29) is 37.3 Å². The van der Waals surface area contributed by atoms with Crippen molar-refractivity contribution >= 4 is 11.9 Å². The largest absolute Gasteiger partial charge is 0.477 e. The molecule has 240 valence electrons. The highest BCUT2D eigenvalue weighted by Gasteiger charge is 2.47. The zero-order valence-electron chi connectivity index (χ0n) is 23.3. The van der Waals surface area contributed by atoms with E-state index in [2.05, 4.69) is 6.58 Å². The van der Waals surface area contributed by atoms with Gasteiger partial charge >= 0.3 is 11.9 Å². The molecule has 0 bridgehead atoms. The maximum absolute atomic E-state index is 13.1. The van der Waals surface area contributed by atoms with E-state index in [0.29, 0.717) is 17.0 Å². The molecule has 0 spiro atoms. The molecule has 0 aromatic heterocycles. The maximum Gasteiger partial charge on any atom is 0.341 e. The van der Waals surface area contributed by atoms with Crippen molar-refractivity contribution in [2.24, 2.45) is 11.8 Å². The summed E-state index contributed by atoms with van der Waals surface area (Å²) in [6, 6.07) is 0. The van der Waals surface area contributed by atoms with Crippen LogP contribution in [-0.2, 0) is 28.5 Å². The van der Waals surface area contributed by atoms with Crippen molar-refractivity contribution in [3.63, 3.8) is 0 Å². The molecule has 1 fully saturated rings. The molecule has 0 aromatic carbocycles. The minimum atomic E-state index is -1.72. The van der Waals surface area contributed by atoms with Gasteiger partial charge in [-0.3, -0.25) is 0 Å². The van der Waals surface area contributed by atoms with Crippen LogP contribution in [-0.4, -0.2) is 135 Å². The first-order valence-electron chi connectivity index (χ1n) is 13.7. The Morgan fingerprint density at radius 1 is 1.14 bits per heavy atom. The monoisotopic (exact) mass is 614 g/mol. The van der Waals surface area contributed by atoms with Crippen LogP contribution < -0.4 is 4.90 Å². The number of quaternary nitrogens is 1. The number of aliphatic hydroxyl groups excluding tert-OH is 7. The molecule has 15 nitrogen and oxygen atoms in total. The minimum Gasteiger partial charge on any atom is -0.477 e. The van der Waals surface area contributed by atoms with Gasteiger partial charge in [0.05, 0.1) is 50.3 Å². The van der Waals surface area contributed by atoms with Crippen LogP contribution in [0.25, 0.3) is 0 Å². The third-order valence-corrected chi connectivity index (χ3v) is 7.27. The smallest absolute Gasteiger partial charge is 0.341 e. The number of rotatable bonds is 14. The first-order chi connectivity index (χ1) is 20.5. The van der Waals surface area contributed by atoms with Crippen LogP contribution in [0.4, 0.5) is 0 Å². The molecule has 3 aliphatic heterocycles. The summed E-state index contributed by atoms with van der Waals surface area (Å²) in [5.74, 6) is -3.66. The van der Waals surface area contributed by atoms with Gasteiger partial charge in [0.15, 0.2) is 6.29 Å². The maximum atomic E-state index is 13.1. The fourth-order valence-corrected chi connectivity index (χ4v) is 4.84. The highest BCUT2D eigenvalue weighted by atomic mass is 16.8. The Balaban J connectivity index is 1.90. The topological polar surface area (TPSA) is 237 Å². The molecule has 0 aliphatic carbocycles. The minimum absolute atomic E-state index is 0.0123. The summed E-state index contributed by atoms with van der Waals surface area (Å²) in [5.41, 5.74) is 0.601. The fraction of sp³-hybridized carbons (Fsp3) is 0.571. The van der Waals surface area contributed by atoms with Crippen molar-refractivity contribution in [3.05, 3.63) is 60.1 Å². The van der Waals surface area contributed by atoms with Gasteiger partial charge in [-0.1, -0.05) is 18.2 Å². The Morgan fingerprint density at radius 3 is 2.51 bits per heavy atom. The number of nitrogens with one attached hydrogen (secondary N) is 1. The fourth-order valence-electron chi connectivity index (χ4n) is 4.84. The van der Waals surface area contributed by atoms with Crippen LogP contribution in [0.3, 0.4) is 0 Å². The Bertz CT molecular complexity index is 1100. The van der Waals surface area contributed by atoms with Gasteiger partial charge < -0.3 is 64.7 Å². The number of aliphatic carboxylic acids is 1. The summed E-state index contributed by atoms with van der Waals surface area (Å²) >= 11 is 0. The number of ether oxygens (including phenoxy) is 4. The van der Waals surface area contributed by atoms with Gasteiger partial charge in [0, 0.05) is 17.9 Å². The molecule has 3 aliphatic rings. The SMILES string of the molecule is C=CC1C(OC2OC(CO)C(O)C(O)C2O)OC=C(C(=O)OCCC(O)CO)C1C=CC1=CC(C(=O)O)=C[NH+](CCO)C1. The second-order valence-electron chi connectivity index (χ2n) is 10.3. The summed E-state index contributed by atoms with van der Waals surface area (Å²) in [7, 11) is 0. The first kappa shape index (κ1) is 34.5. The molecule has 10 atom stereocenters. The number of carbonyl (C=O) groups is 2. The van der Waals surface area contributed by atoms with E-state index in [9.17, 15) is 45.3 Å². The molecular formula is C28H40NO14+. The summed E-state index contributed by atoms with van der Waals surface area (Å²) in [5, 5.41) is 77.7. The lowest BCUT2D eigenvalue weighted by atomic mass is 9.83. The van der Waals surface area contributed by atoms with Gasteiger partial charge in [-0.05, 0) is 6.08 Å². The molecule has 0 saturated carbocycles.